The average molecular weight is 250 g/mol. The van der Waals surface area contributed by atoms with E-state index in [2.05, 4.69) is 9.59 Å². The van der Waals surface area contributed by atoms with Crippen molar-refractivity contribution in [3.05, 3.63) is 45.2 Å². The third kappa shape index (κ3) is 2.10. The predicted octanol–water partition coefficient (Wildman–Crippen LogP) is 2.83. The molecule has 0 saturated carbocycles. The fraction of sp³-hybridized carbons (Fsp3) is 0.250. The molecule has 0 aliphatic carbocycles. The summed E-state index contributed by atoms with van der Waals surface area (Å²) in [5, 5.41) is 3.77. The molecule has 0 atom stereocenters. The number of ketones is 1. The van der Waals surface area contributed by atoms with E-state index in [0.717, 1.165) is 17.1 Å². The first-order chi connectivity index (χ1) is 8.00. The number of carbonyl (C=O) groups is 1. The Balaban J connectivity index is 2.56. The van der Waals surface area contributed by atoms with Crippen LogP contribution < -0.4 is 0 Å². The normalized spacial score (nSPS) is 10.6. The van der Waals surface area contributed by atoms with Crippen molar-refractivity contribution in [3.63, 3.8) is 0 Å². The van der Waals surface area contributed by atoms with Crippen molar-refractivity contribution in [3.8, 4) is 0 Å². The summed E-state index contributed by atoms with van der Waals surface area (Å²) >= 11 is 0.997. The first-order valence-corrected chi connectivity index (χ1v) is 5.88. The highest BCUT2D eigenvalue weighted by Crippen LogP contribution is 2.22. The molecule has 1 aromatic carbocycles. The number of aryl methyl sites for hydroxylation is 3. The largest absolute Gasteiger partial charge is 0.287 e. The standard InChI is InChI=1S/C12H11FN2OS/c1-6-4-7(2)10(9(13)5-6)11(16)12-8(3)14-15-17-12/h4-5H,1-3H3. The Kier molecular flexibility index (Phi) is 3.02. The number of nitrogens with zero attached hydrogens (tertiary/aromatic N) is 2. The molecule has 0 spiro atoms. The zero-order chi connectivity index (χ0) is 12.6. The number of hydrogen-bond acceptors (Lipinski definition) is 4. The number of rotatable bonds is 2. The van der Waals surface area contributed by atoms with Crippen LogP contribution in [0.15, 0.2) is 12.1 Å². The third-order valence-electron chi connectivity index (χ3n) is 2.52. The molecule has 88 valence electrons. The van der Waals surface area contributed by atoms with Crippen LogP contribution >= 0.6 is 11.5 Å². The first-order valence-electron chi connectivity index (χ1n) is 5.11. The second-order valence-electron chi connectivity index (χ2n) is 3.96. The smallest absolute Gasteiger partial charge is 0.209 e. The van der Waals surface area contributed by atoms with E-state index < -0.39 is 5.82 Å². The minimum absolute atomic E-state index is 0.116. The minimum atomic E-state index is -0.486. The van der Waals surface area contributed by atoms with Crippen LogP contribution in [-0.4, -0.2) is 15.4 Å². The minimum Gasteiger partial charge on any atom is -0.287 e. The molecule has 2 aromatic rings. The summed E-state index contributed by atoms with van der Waals surface area (Å²) in [6.45, 7) is 5.22. The van der Waals surface area contributed by atoms with Crippen molar-refractivity contribution in [2.45, 2.75) is 20.8 Å². The summed E-state index contributed by atoms with van der Waals surface area (Å²) in [7, 11) is 0. The molecule has 17 heavy (non-hydrogen) atoms. The van der Waals surface area contributed by atoms with Crippen molar-refractivity contribution in [2.24, 2.45) is 0 Å². The topological polar surface area (TPSA) is 42.9 Å². The van der Waals surface area contributed by atoms with Crippen molar-refractivity contribution >= 4 is 17.3 Å². The second kappa shape index (κ2) is 4.33. The van der Waals surface area contributed by atoms with Gasteiger partial charge in [0.2, 0.25) is 5.78 Å². The molecule has 5 heteroatoms. The van der Waals surface area contributed by atoms with E-state index >= 15 is 0 Å². The maximum absolute atomic E-state index is 13.8. The van der Waals surface area contributed by atoms with Crippen LogP contribution in [0, 0.1) is 26.6 Å². The molecule has 2 rings (SSSR count). The molecule has 1 heterocycles. The van der Waals surface area contributed by atoms with Crippen molar-refractivity contribution in [2.75, 3.05) is 0 Å². The van der Waals surface area contributed by atoms with Gasteiger partial charge in [-0.15, -0.1) is 5.10 Å². The summed E-state index contributed by atoms with van der Waals surface area (Å²) in [5.41, 5.74) is 2.10. The molecule has 0 unspecified atom stereocenters. The molecule has 0 radical (unpaired) electrons. The van der Waals surface area contributed by atoms with Crippen molar-refractivity contribution in [1.29, 1.82) is 0 Å². The van der Waals surface area contributed by atoms with Gasteiger partial charge >= 0.3 is 0 Å². The monoisotopic (exact) mass is 250 g/mol. The lowest BCUT2D eigenvalue weighted by atomic mass is 10.00. The molecule has 0 amide bonds. The molecule has 0 aliphatic heterocycles. The Bertz CT molecular complexity index is 569. The Labute approximate surface area is 102 Å². The van der Waals surface area contributed by atoms with Gasteiger partial charge in [0, 0.05) is 0 Å². The van der Waals surface area contributed by atoms with Gasteiger partial charge < -0.3 is 0 Å². The Morgan fingerprint density at radius 3 is 2.53 bits per heavy atom. The quantitative estimate of drug-likeness (QED) is 0.770. The summed E-state index contributed by atoms with van der Waals surface area (Å²) in [6, 6.07) is 3.16. The van der Waals surface area contributed by atoms with E-state index in [9.17, 15) is 9.18 Å². The summed E-state index contributed by atoms with van der Waals surface area (Å²) in [6.07, 6.45) is 0. The SMILES string of the molecule is Cc1cc(C)c(C(=O)c2snnc2C)c(F)c1. The highest BCUT2D eigenvalue weighted by molar-refractivity contribution is 7.08. The van der Waals surface area contributed by atoms with Crippen molar-refractivity contribution < 1.29 is 9.18 Å². The number of aromatic nitrogens is 2. The molecule has 1 aromatic heterocycles. The molecular formula is C12H11FN2OS. The van der Waals surface area contributed by atoms with E-state index in [0.29, 0.717) is 16.1 Å². The van der Waals surface area contributed by atoms with E-state index in [4.69, 9.17) is 0 Å². The van der Waals surface area contributed by atoms with E-state index in [1.165, 1.54) is 6.07 Å². The van der Waals surface area contributed by atoms with E-state index in [1.54, 1.807) is 26.8 Å². The number of benzene rings is 1. The van der Waals surface area contributed by atoms with Crippen LogP contribution in [0.4, 0.5) is 4.39 Å². The fourth-order valence-electron chi connectivity index (χ4n) is 1.76. The van der Waals surface area contributed by atoms with E-state index in [-0.39, 0.29) is 11.3 Å². The van der Waals surface area contributed by atoms with Gasteiger partial charge in [-0.05, 0) is 49.5 Å². The second-order valence-corrected chi connectivity index (χ2v) is 4.71. The van der Waals surface area contributed by atoms with Crippen LogP contribution in [0.3, 0.4) is 0 Å². The fourth-order valence-corrected chi connectivity index (χ4v) is 2.36. The Morgan fingerprint density at radius 2 is 2.00 bits per heavy atom. The molecule has 0 fully saturated rings. The third-order valence-corrected chi connectivity index (χ3v) is 3.34. The Hall–Kier alpha value is -1.62. The summed E-state index contributed by atoms with van der Waals surface area (Å²) in [5.74, 6) is -0.826. The molecule has 0 bridgehead atoms. The van der Waals surface area contributed by atoms with E-state index in [1.807, 2.05) is 0 Å². The molecular weight excluding hydrogens is 239 g/mol. The van der Waals surface area contributed by atoms with Gasteiger partial charge in [0.05, 0.1) is 11.3 Å². The van der Waals surface area contributed by atoms with Crippen LogP contribution in [0.5, 0.6) is 0 Å². The van der Waals surface area contributed by atoms with Crippen LogP contribution in [-0.2, 0) is 0 Å². The zero-order valence-electron chi connectivity index (χ0n) is 9.74. The lowest BCUT2D eigenvalue weighted by molar-refractivity contribution is 0.103. The highest BCUT2D eigenvalue weighted by Gasteiger charge is 2.21. The van der Waals surface area contributed by atoms with Gasteiger partial charge in [-0.25, -0.2) is 4.39 Å². The number of halogens is 1. The van der Waals surface area contributed by atoms with Gasteiger partial charge in [0.1, 0.15) is 10.7 Å². The predicted molar refractivity (Wildman–Crippen MR) is 64.0 cm³/mol. The van der Waals surface area contributed by atoms with Gasteiger partial charge in [-0.1, -0.05) is 10.6 Å². The van der Waals surface area contributed by atoms with Gasteiger partial charge in [-0.2, -0.15) is 0 Å². The average Bonchev–Trinajstić information content (AvgIpc) is 2.62. The number of carbonyl (C=O) groups excluding carboxylic acids is 1. The van der Waals surface area contributed by atoms with Crippen LogP contribution in [0.25, 0.3) is 0 Å². The van der Waals surface area contributed by atoms with Crippen LogP contribution in [0.2, 0.25) is 0 Å². The summed E-state index contributed by atoms with van der Waals surface area (Å²) in [4.78, 5) is 12.6. The molecule has 3 nitrogen and oxygen atoms in total. The van der Waals surface area contributed by atoms with Crippen molar-refractivity contribution in [1.82, 2.24) is 9.59 Å². The number of hydrogen-bond donors (Lipinski definition) is 0. The lowest BCUT2D eigenvalue weighted by Gasteiger charge is -2.06. The molecule has 0 aliphatic rings. The summed E-state index contributed by atoms with van der Waals surface area (Å²) < 4.78 is 17.5. The zero-order valence-corrected chi connectivity index (χ0v) is 10.6. The lowest BCUT2D eigenvalue weighted by Crippen LogP contribution is -2.07. The first kappa shape index (κ1) is 11.9. The van der Waals surface area contributed by atoms with Gasteiger partial charge in [-0.3, -0.25) is 4.79 Å². The Morgan fingerprint density at radius 1 is 1.29 bits per heavy atom. The molecule has 0 saturated heterocycles. The van der Waals surface area contributed by atoms with Gasteiger partial charge in [0.15, 0.2) is 0 Å². The maximum atomic E-state index is 13.8. The highest BCUT2D eigenvalue weighted by atomic mass is 32.1. The van der Waals surface area contributed by atoms with Gasteiger partial charge in [0.25, 0.3) is 0 Å². The van der Waals surface area contributed by atoms with Crippen LogP contribution in [0.1, 0.15) is 32.1 Å². The molecule has 0 N–H and O–H groups in total. The maximum Gasteiger partial charge on any atom is 0.209 e.